The van der Waals surface area contributed by atoms with Crippen LogP contribution in [0.25, 0.3) is 0 Å². The minimum absolute atomic E-state index is 0.0488. The molecule has 0 bridgehead atoms. The summed E-state index contributed by atoms with van der Waals surface area (Å²) in [6, 6.07) is 15.4. The summed E-state index contributed by atoms with van der Waals surface area (Å²) in [5.41, 5.74) is 1.80. The van der Waals surface area contributed by atoms with Crippen molar-refractivity contribution in [3.05, 3.63) is 77.7 Å². The third kappa shape index (κ3) is 4.79. The average Bonchev–Trinajstić information content (AvgIpc) is 3.45. The second-order valence-corrected chi connectivity index (χ2v) is 9.54. The van der Waals surface area contributed by atoms with Crippen LogP contribution >= 0.6 is 0 Å². The predicted molar refractivity (Wildman–Crippen MR) is 117 cm³/mol. The maximum atomic E-state index is 13.3. The number of amides is 1. The molecule has 0 spiro atoms. The molecule has 9 heteroatoms. The van der Waals surface area contributed by atoms with Crippen molar-refractivity contribution in [1.29, 1.82) is 0 Å². The van der Waals surface area contributed by atoms with Gasteiger partial charge in [0.25, 0.3) is 0 Å². The Kier molecular flexibility index (Phi) is 6.20. The molecule has 0 saturated carbocycles. The van der Waals surface area contributed by atoms with E-state index >= 15 is 0 Å². The summed E-state index contributed by atoms with van der Waals surface area (Å²) < 4.78 is 43.8. The van der Waals surface area contributed by atoms with Crippen molar-refractivity contribution in [3.63, 3.8) is 0 Å². The fourth-order valence-electron chi connectivity index (χ4n) is 3.33. The Balaban J connectivity index is 1.52. The highest BCUT2D eigenvalue weighted by Crippen LogP contribution is 2.32. The van der Waals surface area contributed by atoms with E-state index in [9.17, 15) is 13.2 Å². The van der Waals surface area contributed by atoms with Crippen molar-refractivity contribution in [1.82, 2.24) is 9.21 Å². The van der Waals surface area contributed by atoms with E-state index in [-0.39, 0.29) is 30.7 Å². The highest BCUT2D eigenvalue weighted by Gasteiger charge is 2.29. The van der Waals surface area contributed by atoms with Gasteiger partial charge in [-0.3, -0.25) is 4.79 Å². The molecule has 8 nitrogen and oxygen atoms in total. The molecule has 0 saturated heterocycles. The maximum absolute atomic E-state index is 13.3. The van der Waals surface area contributed by atoms with Crippen LogP contribution in [-0.4, -0.2) is 43.9 Å². The zero-order chi connectivity index (χ0) is 22.7. The van der Waals surface area contributed by atoms with Gasteiger partial charge in [-0.15, -0.1) is 0 Å². The molecule has 0 radical (unpaired) electrons. The normalized spacial score (nSPS) is 12.8. The van der Waals surface area contributed by atoms with Gasteiger partial charge in [0.2, 0.25) is 22.7 Å². The van der Waals surface area contributed by atoms with E-state index < -0.39 is 10.0 Å². The molecule has 1 aliphatic rings. The monoisotopic (exact) mass is 456 g/mol. The SMILES string of the molecule is Cc1ccc(S(=O)(=O)N(CC(=O)N(C)Cc2ccc3c(c2)OCO3)Cc2ccco2)cc1. The number of ether oxygens (including phenoxy) is 2. The van der Waals surface area contributed by atoms with Crippen molar-refractivity contribution < 1.29 is 27.1 Å². The van der Waals surface area contributed by atoms with Gasteiger partial charge in [0.05, 0.1) is 24.2 Å². The molecule has 3 aromatic rings. The zero-order valence-electron chi connectivity index (χ0n) is 17.9. The molecule has 4 rings (SSSR count). The molecule has 1 aliphatic heterocycles. The van der Waals surface area contributed by atoms with Crippen LogP contribution in [0.1, 0.15) is 16.9 Å². The molecule has 0 N–H and O–H groups in total. The lowest BCUT2D eigenvalue weighted by atomic mass is 10.2. The molecular formula is C23H24N2O6S. The first-order valence-corrected chi connectivity index (χ1v) is 11.5. The van der Waals surface area contributed by atoms with E-state index in [1.165, 1.54) is 11.2 Å². The summed E-state index contributed by atoms with van der Waals surface area (Å²) in [7, 11) is -2.28. The van der Waals surface area contributed by atoms with Crippen LogP contribution in [0.3, 0.4) is 0 Å². The first kappa shape index (κ1) is 21.9. The van der Waals surface area contributed by atoms with Crippen molar-refractivity contribution in [2.45, 2.75) is 24.9 Å². The maximum Gasteiger partial charge on any atom is 0.243 e. The van der Waals surface area contributed by atoms with Crippen molar-refractivity contribution >= 4 is 15.9 Å². The van der Waals surface area contributed by atoms with E-state index in [1.807, 2.05) is 19.1 Å². The number of fused-ring (bicyclic) bond motifs is 1. The number of benzene rings is 2. The third-order valence-corrected chi connectivity index (χ3v) is 6.97. The number of hydrogen-bond acceptors (Lipinski definition) is 6. The Morgan fingerprint density at radius 1 is 1.00 bits per heavy atom. The van der Waals surface area contributed by atoms with E-state index in [0.717, 1.165) is 15.4 Å². The first-order chi connectivity index (χ1) is 15.3. The Morgan fingerprint density at radius 3 is 2.47 bits per heavy atom. The van der Waals surface area contributed by atoms with Crippen molar-refractivity contribution in [2.24, 2.45) is 0 Å². The lowest BCUT2D eigenvalue weighted by molar-refractivity contribution is -0.130. The summed E-state index contributed by atoms with van der Waals surface area (Å²) in [4.78, 5) is 14.6. The number of likely N-dealkylation sites (N-methyl/N-ethyl adjacent to an activating group) is 1. The minimum Gasteiger partial charge on any atom is -0.468 e. The predicted octanol–water partition coefficient (Wildman–Crippen LogP) is 3.17. The number of carbonyl (C=O) groups is 1. The highest BCUT2D eigenvalue weighted by molar-refractivity contribution is 7.89. The van der Waals surface area contributed by atoms with Gasteiger partial charge >= 0.3 is 0 Å². The average molecular weight is 457 g/mol. The van der Waals surface area contributed by atoms with Crippen LogP contribution in [0.2, 0.25) is 0 Å². The van der Waals surface area contributed by atoms with Crippen LogP contribution in [0.4, 0.5) is 0 Å². The number of sulfonamides is 1. The second kappa shape index (κ2) is 9.05. The van der Waals surface area contributed by atoms with Gasteiger partial charge in [-0.25, -0.2) is 8.42 Å². The summed E-state index contributed by atoms with van der Waals surface area (Å²) in [5.74, 6) is 1.40. The van der Waals surface area contributed by atoms with Crippen molar-refractivity contribution in [3.8, 4) is 11.5 Å². The first-order valence-electron chi connectivity index (χ1n) is 10.0. The van der Waals surface area contributed by atoms with Crippen LogP contribution in [0.15, 0.2) is 70.2 Å². The topological polar surface area (TPSA) is 89.3 Å². The number of carbonyl (C=O) groups excluding carboxylic acids is 1. The largest absolute Gasteiger partial charge is 0.468 e. The molecule has 0 atom stereocenters. The molecule has 1 aromatic heterocycles. The lowest BCUT2D eigenvalue weighted by Gasteiger charge is -2.24. The van der Waals surface area contributed by atoms with Crippen LogP contribution in [-0.2, 0) is 27.9 Å². The molecule has 2 aromatic carbocycles. The van der Waals surface area contributed by atoms with Gasteiger partial charge in [0.15, 0.2) is 11.5 Å². The zero-order valence-corrected chi connectivity index (χ0v) is 18.7. The standard InChI is InChI=1S/C23H24N2O6S/c1-17-5-8-20(9-6-17)32(27,28)25(14-19-4-3-11-29-19)15-23(26)24(2)13-18-7-10-21-22(12-18)31-16-30-21/h3-12H,13-16H2,1-2H3. The van der Waals surface area contributed by atoms with Crippen LogP contribution < -0.4 is 9.47 Å². The molecule has 0 unspecified atom stereocenters. The van der Waals surface area contributed by atoms with Gasteiger partial charge in [-0.2, -0.15) is 4.31 Å². The van der Waals surface area contributed by atoms with Gasteiger partial charge < -0.3 is 18.8 Å². The van der Waals surface area contributed by atoms with Crippen LogP contribution in [0.5, 0.6) is 11.5 Å². The molecule has 0 aliphatic carbocycles. The van der Waals surface area contributed by atoms with E-state index in [2.05, 4.69) is 0 Å². The molecule has 32 heavy (non-hydrogen) atoms. The second-order valence-electron chi connectivity index (χ2n) is 7.60. The van der Waals surface area contributed by atoms with E-state index in [1.54, 1.807) is 49.5 Å². The fraction of sp³-hybridized carbons (Fsp3) is 0.261. The smallest absolute Gasteiger partial charge is 0.243 e. The van der Waals surface area contributed by atoms with Gasteiger partial charge in [0.1, 0.15) is 5.76 Å². The Bertz CT molecular complexity index is 1190. The summed E-state index contributed by atoms with van der Waals surface area (Å²) in [6.07, 6.45) is 1.47. The molecule has 2 heterocycles. The molecule has 168 valence electrons. The number of nitrogens with zero attached hydrogens (tertiary/aromatic N) is 2. The minimum atomic E-state index is -3.91. The number of aryl methyl sites for hydroxylation is 1. The Morgan fingerprint density at radius 2 is 1.75 bits per heavy atom. The van der Waals surface area contributed by atoms with Gasteiger partial charge in [-0.1, -0.05) is 23.8 Å². The van der Waals surface area contributed by atoms with E-state index in [0.29, 0.717) is 23.8 Å². The fourth-order valence-corrected chi connectivity index (χ4v) is 4.69. The number of furan rings is 1. The molecule has 0 fully saturated rings. The number of rotatable bonds is 8. The summed E-state index contributed by atoms with van der Waals surface area (Å²) >= 11 is 0. The highest BCUT2D eigenvalue weighted by atomic mass is 32.2. The van der Waals surface area contributed by atoms with Crippen molar-refractivity contribution in [2.75, 3.05) is 20.4 Å². The summed E-state index contributed by atoms with van der Waals surface area (Å²) in [6.45, 7) is 1.98. The van der Waals surface area contributed by atoms with Gasteiger partial charge in [-0.05, 0) is 48.9 Å². The summed E-state index contributed by atoms with van der Waals surface area (Å²) in [5, 5.41) is 0. The molecular weight excluding hydrogens is 432 g/mol. The van der Waals surface area contributed by atoms with E-state index in [4.69, 9.17) is 13.9 Å². The van der Waals surface area contributed by atoms with Crippen LogP contribution in [0, 0.1) is 6.92 Å². The Labute approximate surface area is 187 Å². The number of hydrogen-bond donors (Lipinski definition) is 0. The lowest BCUT2D eigenvalue weighted by Crippen LogP contribution is -2.40. The molecule has 1 amide bonds. The third-order valence-electron chi connectivity index (χ3n) is 5.17. The quantitative estimate of drug-likeness (QED) is 0.517. The van der Waals surface area contributed by atoms with Gasteiger partial charge in [0, 0.05) is 13.6 Å². The Hall–Kier alpha value is -3.30.